The first-order chi connectivity index (χ1) is 10.2. The van der Waals surface area contributed by atoms with Crippen LogP contribution in [0.4, 0.5) is 5.13 Å². The Labute approximate surface area is 131 Å². The van der Waals surface area contributed by atoms with E-state index < -0.39 is 0 Å². The van der Waals surface area contributed by atoms with Gasteiger partial charge in [-0.3, -0.25) is 4.90 Å². The molecule has 3 nitrogen and oxygen atoms in total. The number of benzene rings is 1. The Bertz CT molecular complexity index is 551. The molecule has 21 heavy (non-hydrogen) atoms. The fourth-order valence-corrected chi connectivity index (χ4v) is 3.68. The van der Waals surface area contributed by atoms with Crippen LogP contribution in [0.3, 0.4) is 0 Å². The first kappa shape index (κ1) is 14.5. The Balaban J connectivity index is 1.49. The Morgan fingerprint density at radius 3 is 2.52 bits per heavy atom. The molecule has 0 spiro atoms. The Kier molecular flexibility index (Phi) is 4.56. The summed E-state index contributed by atoms with van der Waals surface area (Å²) in [6.45, 7) is 7.62. The van der Waals surface area contributed by atoms with Gasteiger partial charge in [0.2, 0.25) is 0 Å². The van der Waals surface area contributed by atoms with Gasteiger partial charge in [0, 0.05) is 30.6 Å². The van der Waals surface area contributed by atoms with Crippen LogP contribution in [0.2, 0.25) is 0 Å². The van der Waals surface area contributed by atoms with Gasteiger partial charge in [-0.1, -0.05) is 30.3 Å². The van der Waals surface area contributed by atoms with Gasteiger partial charge in [-0.15, -0.1) is 11.3 Å². The normalized spacial score (nSPS) is 17.0. The zero-order chi connectivity index (χ0) is 14.7. The lowest BCUT2D eigenvalue weighted by molar-refractivity contribution is 0.211. The fraction of sp³-hybridized carbons (Fsp3) is 0.471. The third kappa shape index (κ3) is 3.83. The molecule has 0 aliphatic carbocycles. The lowest BCUT2D eigenvalue weighted by atomic mass is 10.0. The molecule has 1 N–H and O–H groups in total. The number of piperidine rings is 1. The minimum Gasteiger partial charge on any atom is -0.359 e. The van der Waals surface area contributed by atoms with Crippen LogP contribution < -0.4 is 5.32 Å². The summed E-state index contributed by atoms with van der Waals surface area (Å²) in [5.41, 5.74) is 2.57. The average Bonchev–Trinajstić information content (AvgIpc) is 2.80. The Morgan fingerprint density at radius 1 is 1.19 bits per heavy atom. The third-order valence-corrected chi connectivity index (χ3v) is 5.20. The van der Waals surface area contributed by atoms with Crippen molar-refractivity contribution >= 4 is 16.5 Å². The molecule has 0 atom stereocenters. The summed E-state index contributed by atoms with van der Waals surface area (Å²) in [7, 11) is 0. The summed E-state index contributed by atoms with van der Waals surface area (Å²) in [6.07, 6.45) is 2.40. The number of hydrogen-bond donors (Lipinski definition) is 1. The molecule has 0 amide bonds. The summed E-state index contributed by atoms with van der Waals surface area (Å²) in [6, 6.07) is 11.3. The first-order valence-corrected chi connectivity index (χ1v) is 8.49. The van der Waals surface area contributed by atoms with Crippen molar-refractivity contribution in [3.05, 3.63) is 46.5 Å². The van der Waals surface area contributed by atoms with Crippen molar-refractivity contribution < 1.29 is 0 Å². The van der Waals surface area contributed by atoms with Crippen LogP contribution in [-0.4, -0.2) is 29.0 Å². The van der Waals surface area contributed by atoms with Crippen molar-refractivity contribution in [3.8, 4) is 0 Å². The molecule has 1 aromatic carbocycles. The number of aryl methyl sites for hydroxylation is 2. The topological polar surface area (TPSA) is 28.2 Å². The quantitative estimate of drug-likeness (QED) is 0.930. The number of rotatable bonds is 4. The van der Waals surface area contributed by atoms with E-state index >= 15 is 0 Å². The van der Waals surface area contributed by atoms with Gasteiger partial charge in [0.15, 0.2) is 5.13 Å². The summed E-state index contributed by atoms with van der Waals surface area (Å²) in [5.74, 6) is 0. The molecule has 1 aliphatic rings. The predicted molar refractivity (Wildman–Crippen MR) is 90.0 cm³/mol. The maximum Gasteiger partial charge on any atom is 0.183 e. The molecule has 2 aromatic rings. The second-order valence-electron chi connectivity index (χ2n) is 5.84. The molecule has 4 heteroatoms. The Hall–Kier alpha value is -1.39. The van der Waals surface area contributed by atoms with Crippen molar-refractivity contribution in [3.63, 3.8) is 0 Å². The number of nitrogens with one attached hydrogen (secondary N) is 1. The van der Waals surface area contributed by atoms with Gasteiger partial charge in [-0.2, -0.15) is 0 Å². The highest BCUT2D eigenvalue weighted by atomic mass is 32.1. The van der Waals surface area contributed by atoms with Gasteiger partial charge >= 0.3 is 0 Å². The molecule has 1 aliphatic heterocycles. The van der Waals surface area contributed by atoms with E-state index in [1.165, 1.54) is 23.3 Å². The van der Waals surface area contributed by atoms with Crippen LogP contribution in [0.5, 0.6) is 0 Å². The lowest BCUT2D eigenvalue weighted by Gasteiger charge is -2.32. The van der Waals surface area contributed by atoms with Crippen LogP contribution in [0.25, 0.3) is 0 Å². The summed E-state index contributed by atoms with van der Waals surface area (Å²) < 4.78 is 0. The minimum absolute atomic E-state index is 0.571. The van der Waals surface area contributed by atoms with E-state index in [0.717, 1.165) is 30.5 Å². The van der Waals surface area contributed by atoms with E-state index in [1.807, 2.05) is 0 Å². The zero-order valence-electron chi connectivity index (χ0n) is 12.8. The van der Waals surface area contributed by atoms with Crippen LogP contribution in [0, 0.1) is 13.8 Å². The number of thiazole rings is 1. The molecule has 0 unspecified atom stereocenters. The molecule has 1 fully saturated rings. The first-order valence-electron chi connectivity index (χ1n) is 7.67. The van der Waals surface area contributed by atoms with Gasteiger partial charge in [-0.25, -0.2) is 4.98 Å². The maximum atomic E-state index is 4.58. The number of aromatic nitrogens is 1. The van der Waals surface area contributed by atoms with Crippen molar-refractivity contribution in [2.45, 2.75) is 39.3 Å². The molecule has 1 aromatic heterocycles. The molecule has 0 saturated carbocycles. The summed E-state index contributed by atoms with van der Waals surface area (Å²) in [5, 5.41) is 4.70. The van der Waals surface area contributed by atoms with Gasteiger partial charge in [0.25, 0.3) is 0 Å². The van der Waals surface area contributed by atoms with Crippen LogP contribution in [-0.2, 0) is 6.54 Å². The molecule has 3 rings (SSSR count). The number of anilines is 1. The van der Waals surface area contributed by atoms with E-state index in [-0.39, 0.29) is 0 Å². The zero-order valence-corrected chi connectivity index (χ0v) is 13.6. The minimum atomic E-state index is 0.571. The molecule has 2 heterocycles. The van der Waals surface area contributed by atoms with Crippen LogP contribution in [0.1, 0.15) is 29.0 Å². The highest BCUT2D eigenvalue weighted by molar-refractivity contribution is 7.15. The summed E-state index contributed by atoms with van der Waals surface area (Å²) >= 11 is 1.78. The van der Waals surface area contributed by atoms with Gasteiger partial charge in [-0.05, 0) is 32.3 Å². The summed E-state index contributed by atoms with van der Waals surface area (Å²) in [4.78, 5) is 8.45. The van der Waals surface area contributed by atoms with E-state index in [2.05, 4.69) is 59.4 Å². The lowest BCUT2D eigenvalue weighted by Crippen LogP contribution is -2.38. The average molecular weight is 301 g/mol. The molecule has 0 radical (unpaired) electrons. The largest absolute Gasteiger partial charge is 0.359 e. The van der Waals surface area contributed by atoms with Crippen molar-refractivity contribution in [2.24, 2.45) is 0 Å². The predicted octanol–water partition coefficient (Wildman–Crippen LogP) is 3.84. The highest BCUT2D eigenvalue weighted by Crippen LogP contribution is 2.24. The maximum absolute atomic E-state index is 4.58. The van der Waals surface area contributed by atoms with Gasteiger partial charge in [0.05, 0.1) is 5.69 Å². The van der Waals surface area contributed by atoms with Crippen molar-refractivity contribution in [2.75, 3.05) is 18.4 Å². The van der Waals surface area contributed by atoms with Crippen LogP contribution >= 0.6 is 11.3 Å². The van der Waals surface area contributed by atoms with E-state index in [1.54, 1.807) is 11.3 Å². The van der Waals surface area contributed by atoms with Gasteiger partial charge < -0.3 is 5.32 Å². The molecule has 0 bridgehead atoms. The SMILES string of the molecule is Cc1nc(NC2CCN(Cc3ccccc3)CC2)sc1C. The Morgan fingerprint density at radius 2 is 1.90 bits per heavy atom. The third-order valence-electron chi connectivity index (χ3n) is 4.19. The number of nitrogens with zero attached hydrogens (tertiary/aromatic N) is 2. The van der Waals surface area contributed by atoms with E-state index in [4.69, 9.17) is 0 Å². The van der Waals surface area contributed by atoms with E-state index in [9.17, 15) is 0 Å². The number of hydrogen-bond acceptors (Lipinski definition) is 4. The van der Waals surface area contributed by atoms with Crippen molar-refractivity contribution in [1.82, 2.24) is 9.88 Å². The monoisotopic (exact) mass is 301 g/mol. The standard InChI is InChI=1S/C17H23N3S/c1-13-14(2)21-17(18-13)19-16-8-10-20(11-9-16)12-15-6-4-3-5-7-15/h3-7,16H,8-12H2,1-2H3,(H,18,19). The van der Waals surface area contributed by atoms with E-state index in [0.29, 0.717) is 6.04 Å². The smallest absolute Gasteiger partial charge is 0.183 e. The second kappa shape index (κ2) is 6.58. The molecule has 1 saturated heterocycles. The number of likely N-dealkylation sites (tertiary alicyclic amines) is 1. The van der Waals surface area contributed by atoms with Crippen molar-refractivity contribution in [1.29, 1.82) is 0 Å². The molecule has 112 valence electrons. The second-order valence-corrected chi connectivity index (χ2v) is 7.04. The van der Waals surface area contributed by atoms with Gasteiger partial charge in [0.1, 0.15) is 0 Å². The fourth-order valence-electron chi connectivity index (χ4n) is 2.79. The highest BCUT2D eigenvalue weighted by Gasteiger charge is 2.20. The van der Waals surface area contributed by atoms with Crippen LogP contribution in [0.15, 0.2) is 30.3 Å². The molecular weight excluding hydrogens is 278 g/mol. The molecular formula is C17H23N3S.